The molecule has 96 valence electrons. The molecule has 0 aliphatic carbocycles. The summed E-state index contributed by atoms with van der Waals surface area (Å²) in [6, 6.07) is 2.65. The predicted molar refractivity (Wildman–Crippen MR) is 60.2 cm³/mol. The highest BCUT2D eigenvalue weighted by atomic mass is 16.4. The van der Waals surface area contributed by atoms with Crippen LogP contribution in [-0.4, -0.2) is 46.1 Å². The van der Waals surface area contributed by atoms with Gasteiger partial charge in [0.05, 0.1) is 0 Å². The second-order valence-electron chi connectivity index (χ2n) is 3.41. The first kappa shape index (κ1) is 13.4. The molecule has 0 bridgehead atoms. The minimum atomic E-state index is -1.19. The summed E-state index contributed by atoms with van der Waals surface area (Å²) in [7, 11) is 0. The number of hydrogen-bond acceptors (Lipinski definition) is 5. The van der Waals surface area contributed by atoms with E-state index in [0.29, 0.717) is 0 Å². The van der Waals surface area contributed by atoms with Gasteiger partial charge in [-0.05, 0) is 12.1 Å². The van der Waals surface area contributed by atoms with Gasteiger partial charge in [-0.25, -0.2) is 0 Å². The van der Waals surface area contributed by atoms with E-state index in [1.807, 2.05) is 0 Å². The van der Waals surface area contributed by atoms with E-state index >= 15 is 0 Å². The monoisotopic (exact) mass is 253 g/mol. The van der Waals surface area contributed by atoms with E-state index in [1.165, 1.54) is 18.3 Å². The lowest BCUT2D eigenvalue weighted by molar-refractivity contribution is -0.136. The number of nitrogens with zero attached hydrogens (tertiary/aromatic N) is 2. The normalized spacial score (nSPS) is 9.78. The number of anilines is 1. The first-order chi connectivity index (χ1) is 8.40. The van der Waals surface area contributed by atoms with Gasteiger partial charge in [-0.3, -0.25) is 19.4 Å². The van der Waals surface area contributed by atoms with Crippen LogP contribution in [-0.2, 0) is 9.59 Å². The number of aliphatic carboxylic acids is 2. The molecular formula is C10H11N3O5. The molecule has 0 aliphatic rings. The molecule has 4 N–H and O–H groups in total. The number of pyridine rings is 1. The molecule has 1 amide bonds. The molecule has 0 spiro atoms. The zero-order valence-electron chi connectivity index (χ0n) is 9.24. The average molecular weight is 253 g/mol. The molecular weight excluding hydrogens is 242 g/mol. The number of carbonyl (C=O) groups is 3. The summed E-state index contributed by atoms with van der Waals surface area (Å²) in [5.74, 6) is -3.15. The number of rotatable bonds is 6. The Morgan fingerprint density at radius 1 is 1.22 bits per heavy atom. The first-order valence-electron chi connectivity index (χ1n) is 4.84. The van der Waals surface area contributed by atoms with Crippen LogP contribution >= 0.6 is 0 Å². The third-order valence-electron chi connectivity index (χ3n) is 2.01. The number of amides is 1. The summed E-state index contributed by atoms with van der Waals surface area (Å²) in [4.78, 5) is 37.0. The van der Waals surface area contributed by atoms with Crippen LogP contribution in [0.3, 0.4) is 0 Å². The Hall–Kier alpha value is -2.64. The van der Waals surface area contributed by atoms with Crippen molar-refractivity contribution in [3.8, 4) is 0 Å². The highest BCUT2D eigenvalue weighted by molar-refractivity contribution is 5.92. The Morgan fingerprint density at radius 2 is 1.78 bits per heavy atom. The Bertz CT molecular complexity index is 472. The molecule has 0 aromatic carbocycles. The van der Waals surface area contributed by atoms with Gasteiger partial charge in [0, 0.05) is 11.9 Å². The third kappa shape index (κ3) is 3.74. The van der Waals surface area contributed by atoms with Crippen LogP contribution in [0.4, 0.5) is 5.69 Å². The number of nitrogens with two attached hydrogens (primary N) is 1. The van der Waals surface area contributed by atoms with E-state index in [0.717, 1.165) is 4.90 Å². The van der Waals surface area contributed by atoms with Crippen molar-refractivity contribution in [1.29, 1.82) is 0 Å². The van der Waals surface area contributed by atoms with Crippen molar-refractivity contribution in [2.45, 2.75) is 0 Å². The Labute approximate surface area is 102 Å². The Morgan fingerprint density at radius 3 is 2.22 bits per heavy atom. The molecule has 0 radical (unpaired) electrons. The minimum absolute atomic E-state index is 0.0618. The molecule has 1 heterocycles. The summed E-state index contributed by atoms with van der Waals surface area (Å²) >= 11 is 0. The lowest BCUT2D eigenvalue weighted by atomic mass is 10.2. The van der Waals surface area contributed by atoms with Crippen molar-refractivity contribution in [3.05, 3.63) is 24.0 Å². The molecule has 8 heteroatoms. The van der Waals surface area contributed by atoms with Crippen LogP contribution in [0.5, 0.6) is 0 Å². The van der Waals surface area contributed by atoms with E-state index < -0.39 is 30.9 Å². The van der Waals surface area contributed by atoms with Crippen LogP contribution < -0.4 is 10.6 Å². The van der Waals surface area contributed by atoms with Crippen LogP contribution in [0.2, 0.25) is 0 Å². The van der Waals surface area contributed by atoms with Gasteiger partial charge in [0.25, 0.3) is 5.91 Å². The molecule has 18 heavy (non-hydrogen) atoms. The van der Waals surface area contributed by atoms with E-state index in [9.17, 15) is 14.4 Å². The zero-order chi connectivity index (χ0) is 13.7. The molecule has 0 fully saturated rings. The van der Waals surface area contributed by atoms with Gasteiger partial charge in [0.15, 0.2) is 0 Å². The fraction of sp³-hybridized carbons (Fsp3) is 0.200. The van der Waals surface area contributed by atoms with Crippen molar-refractivity contribution in [2.75, 3.05) is 18.0 Å². The van der Waals surface area contributed by atoms with Gasteiger partial charge in [0.1, 0.15) is 18.8 Å². The fourth-order valence-corrected chi connectivity index (χ4v) is 1.32. The predicted octanol–water partition coefficient (Wildman–Crippen LogP) is -0.844. The van der Waals surface area contributed by atoms with Crippen molar-refractivity contribution in [3.63, 3.8) is 0 Å². The highest BCUT2D eigenvalue weighted by Gasteiger charge is 2.15. The number of hydrogen-bond donors (Lipinski definition) is 3. The smallest absolute Gasteiger partial charge is 0.323 e. The van der Waals surface area contributed by atoms with E-state index in [1.54, 1.807) is 0 Å². The van der Waals surface area contributed by atoms with E-state index in [2.05, 4.69) is 4.98 Å². The van der Waals surface area contributed by atoms with Crippen LogP contribution in [0.25, 0.3) is 0 Å². The summed E-state index contributed by atoms with van der Waals surface area (Å²) in [6.07, 6.45) is 1.26. The summed E-state index contributed by atoms with van der Waals surface area (Å²) in [5, 5.41) is 17.4. The average Bonchev–Trinajstić information content (AvgIpc) is 2.27. The molecule has 0 unspecified atom stereocenters. The summed E-state index contributed by atoms with van der Waals surface area (Å²) < 4.78 is 0. The lowest BCUT2D eigenvalue weighted by Crippen LogP contribution is -2.34. The van der Waals surface area contributed by atoms with Crippen molar-refractivity contribution in [2.24, 2.45) is 5.73 Å². The molecule has 0 saturated heterocycles. The Balaban J connectivity index is 3.03. The Kier molecular flexibility index (Phi) is 4.19. The zero-order valence-corrected chi connectivity index (χ0v) is 9.24. The number of carboxylic acids is 2. The molecule has 0 aliphatic heterocycles. The van der Waals surface area contributed by atoms with Crippen LogP contribution in [0.1, 0.15) is 10.5 Å². The molecule has 1 aromatic rings. The minimum Gasteiger partial charge on any atom is -0.480 e. The molecule has 8 nitrogen and oxygen atoms in total. The largest absolute Gasteiger partial charge is 0.480 e. The third-order valence-corrected chi connectivity index (χ3v) is 2.01. The van der Waals surface area contributed by atoms with Gasteiger partial charge in [-0.15, -0.1) is 0 Å². The van der Waals surface area contributed by atoms with Crippen molar-refractivity contribution >= 4 is 23.5 Å². The lowest BCUT2D eigenvalue weighted by Gasteiger charge is -2.20. The van der Waals surface area contributed by atoms with Crippen LogP contribution in [0.15, 0.2) is 18.3 Å². The maximum Gasteiger partial charge on any atom is 0.323 e. The number of aromatic nitrogens is 1. The maximum atomic E-state index is 10.9. The highest BCUT2D eigenvalue weighted by Crippen LogP contribution is 2.14. The SMILES string of the molecule is NC(=O)c1cc(N(CC(=O)O)CC(=O)O)ccn1. The van der Waals surface area contributed by atoms with Crippen LogP contribution in [0, 0.1) is 0 Å². The van der Waals surface area contributed by atoms with Crippen molar-refractivity contribution < 1.29 is 24.6 Å². The number of primary amides is 1. The van der Waals surface area contributed by atoms with E-state index in [4.69, 9.17) is 15.9 Å². The molecule has 0 atom stereocenters. The first-order valence-corrected chi connectivity index (χ1v) is 4.84. The summed E-state index contributed by atoms with van der Waals surface area (Å²) in [6.45, 7) is -1.01. The van der Waals surface area contributed by atoms with Gasteiger partial charge in [-0.1, -0.05) is 0 Å². The van der Waals surface area contributed by atoms with Gasteiger partial charge in [-0.2, -0.15) is 0 Å². The van der Waals surface area contributed by atoms with E-state index in [-0.39, 0.29) is 11.4 Å². The van der Waals surface area contributed by atoms with Gasteiger partial charge < -0.3 is 20.8 Å². The molecule has 0 saturated carbocycles. The van der Waals surface area contributed by atoms with Gasteiger partial charge in [0.2, 0.25) is 0 Å². The fourth-order valence-electron chi connectivity index (χ4n) is 1.32. The standard InChI is InChI=1S/C10H11N3O5/c11-10(18)7-3-6(1-2-12-7)13(4-8(14)15)5-9(16)17/h1-3H,4-5H2,(H2,11,18)(H,14,15)(H,16,17). The number of carbonyl (C=O) groups excluding carboxylic acids is 1. The quantitative estimate of drug-likeness (QED) is 0.601. The summed E-state index contributed by atoms with van der Waals surface area (Å²) in [5.41, 5.74) is 5.22. The topological polar surface area (TPSA) is 134 Å². The molecule has 1 aromatic heterocycles. The number of carboxylic acid groups (broad SMARTS) is 2. The maximum absolute atomic E-state index is 10.9. The second-order valence-corrected chi connectivity index (χ2v) is 3.41. The second kappa shape index (κ2) is 5.62. The van der Waals surface area contributed by atoms with Gasteiger partial charge >= 0.3 is 11.9 Å². The van der Waals surface area contributed by atoms with Crippen molar-refractivity contribution in [1.82, 2.24) is 4.98 Å². The molecule has 1 rings (SSSR count).